The predicted octanol–water partition coefficient (Wildman–Crippen LogP) is 1.90. The van der Waals surface area contributed by atoms with Crippen molar-refractivity contribution in [1.29, 1.82) is 0 Å². The van der Waals surface area contributed by atoms with Gasteiger partial charge in [-0.25, -0.2) is 13.1 Å². The Kier molecular flexibility index (Phi) is 6.49. The molecule has 3 N–H and O–H groups in total. The summed E-state index contributed by atoms with van der Waals surface area (Å²) in [5.41, 5.74) is 0.538. The normalized spacial score (nSPS) is 15.2. The first-order valence-corrected chi connectivity index (χ1v) is 9.92. The van der Waals surface area contributed by atoms with Crippen molar-refractivity contribution in [2.24, 2.45) is 5.92 Å². The molecule has 0 spiro atoms. The van der Waals surface area contributed by atoms with E-state index >= 15 is 0 Å². The van der Waals surface area contributed by atoms with Gasteiger partial charge in [0.1, 0.15) is 0 Å². The second-order valence-corrected chi connectivity index (χ2v) is 8.06. The quantitative estimate of drug-likeness (QED) is 0.686. The van der Waals surface area contributed by atoms with Crippen molar-refractivity contribution in [2.45, 2.75) is 43.9 Å². The van der Waals surface area contributed by atoms with Crippen LogP contribution in [0, 0.1) is 5.92 Å². The maximum absolute atomic E-state index is 12.1. The summed E-state index contributed by atoms with van der Waals surface area (Å²) < 4.78 is 25.6. The molecule has 0 aromatic heterocycles. The van der Waals surface area contributed by atoms with Crippen LogP contribution in [0.25, 0.3) is 0 Å². The molecule has 1 aromatic carbocycles. The van der Waals surface area contributed by atoms with Gasteiger partial charge in [-0.2, -0.15) is 0 Å². The maximum Gasteiger partial charge on any atom is 0.264 e. The first-order valence-electron chi connectivity index (χ1n) is 8.03. The van der Waals surface area contributed by atoms with Gasteiger partial charge in [0, 0.05) is 18.5 Å². The fraction of sp³-hybridized carbons (Fsp3) is 0.438. The fourth-order valence-corrected chi connectivity index (χ4v) is 3.92. The Labute approximate surface area is 152 Å². The molecule has 1 aromatic rings. The molecule has 1 saturated carbocycles. The second-order valence-electron chi connectivity index (χ2n) is 5.96. The molecule has 0 atom stereocenters. The molecule has 7 nitrogen and oxygen atoms in total. The van der Waals surface area contributed by atoms with Gasteiger partial charge in [0.25, 0.3) is 10.0 Å². The number of benzene rings is 1. The molecule has 2 rings (SSSR count). The number of nitrogens with one attached hydrogen (secondary N) is 3. The summed E-state index contributed by atoms with van der Waals surface area (Å²) in [7, 11) is -3.87. The summed E-state index contributed by atoms with van der Waals surface area (Å²) in [6.07, 6.45) is 5.04. The Balaban J connectivity index is 1.93. The minimum absolute atomic E-state index is 0.00123. The standard InChI is InChI=1S/C16H21N3O4S2/c1-11(20)19-25(22,23)14-9-7-13(8-10-14)17-16(24)18-15(21)12-5-3-2-4-6-12/h7-10,12H,2-6H2,1H3,(H,19,20)(H2,17,18,21,24). The Morgan fingerprint density at radius 2 is 1.68 bits per heavy atom. The van der Waals surface area contributed by atoms with Crippen LogP contribution in [-0.2, 0) is 19.6 Å². The van der Waals surface area contributed by atoms with Gasteiger partial charge in [-0.1, -0.05) is 19.3 Å². The lowest BCUT2D eigenvalue weighted by molar-refractivity contribution is -0.124. The van der Waals surface area contributed by atoms with E-state index in [9.17, 15) is 18.0 Å². The summed E-state index contributed by atoms with van der Waals surface area (Å²) >= 11 is 5.13. The highest BCUT2D eigenvalue weighted by Crippen LogP contribution is 2.23. The molecule has 1 aliphatic rings. The van der Waals surface area contributed by atoms with Crippen molar-refractivity contribution in [3.8, 4) is 0 Å². The van der Waals surface area contributed by atoms with E-state index in [1.165, 1.54) is 30.7 Å². The third-order valence-corrected chi connectivity index (χ3v) is 5.57. The van der Waals surface area contributed by atoms with Crippen LogP contribution < -0.4 is 15.4 Å². The highest BCUT2D eigenvalue weighted by atomic mass is 32.2. The van der Waals surface area contributed by atoms with Gasteiger partial charge in [0.15, 0.2) is 5.11 Å². The molecule has 0 bridgehead atoms. The Hall–Kier alpha value is -2.00. The summed E-state index contributed by atoms with van der Waals surface area (Å²) in [6.45, 7) is 1.13. The summed E-state index contributed by atoms with van der Waals surface area (Å²) in [6, 6.07) is 5.71. The van der Waals surface area contributed by atoms with Gasteiger partial charge >= 0.3 is 0 Å². The number of hydrogen-bond donors (Lipinski definition) is 3. The number of anilines is 1. The van der Waals surface area contributed by atoms with Gasteiger partial charge in [-0.05, 0) is 49.3 Å². The Morgan fingerprint density at radius 3 is 2.24 bits per heavy atom. The number of carbonyl (C=O) groups excluding carboxylic acids is 2. The summed E-state index contributed by atoms with van der Waals surface area (Å²) in [4.78, 5) is 23.0. The SMILES string of the molecule is CC(=O)NS(=O)(=O)c1ccc(NC(=S)NC(=O)C2CCCCC2)cc1. The monoisotopic (exact) mass is 383 g/mol. The molecule has 0 saturated heterocycles. The molecule has 0 heterocycles. The van der Waals surface area contributed by atoms with Crippen molar-refractivity contribution < 1.29 is 18.0 Å². The third-order valence-electron chi connectivity index (χ3n) is 3.91. The zero-order chi connectivity index (χ0) is 18.4. The van der Waals surface area contributed by atoms with E-state index in [-0.39, 0.29) is 21.8 Å². The average molecular weight is 383 g/mol. The third kappa shape index (κ3) is 5.79. The molecule has 0 radical (unpaired) electrons. The molecule has 136 valence electrons. The molecular formula is C16H21N3O4S2. The molecule has 0 unspecified atom stereocenters. The highest BCUT2D eigenvalue weighted by molar-refractivity contribution is 7.90. The van der Waals surface area contributed by atoms with Crippen LogP contribution in [0.1, 0.15) is 39.0 Å². The van der Waals surface area contributed by atoms with Gasteiger partial charge in [0.2, 0.25) is 11.8 Å². The minimum Gasteiger partial charge on any atom is -0.332 e. The van der Waals surface area contributed by atoms with Gasteiger partial charge in [0.05, 0.1) is 4.90 Å². The minimum atomic E-state index is -3.87. The van der Waals surface area contributed by atoms with Crippen LogP contribution in [-0.4, -0.2) is 25.3 Å². The lowest BCUT2D eigenvalue weighted by Gasteiger charge is -2.21. The van der Waals surface area contributed by atoms with E-state index in [1.54, 1.807) is 0 Å². The first kappa shape index (κ1) is 19.3. The number of carbonyl (C=O) groups is 2. The van der Waals surface area contributed by atoms with Crippen molar-refractivity contribution in [2.75, 3.05) is 5.32 Å². The van der Waals surface area contributed by atoms with Crippen LogP contribution in [0.3, 0.4) is 0 Å². The number of amides is 2. The van der Waals surface area contributed by atoms with E-state index < -0.39 is 15.9 Å². The molecular weight excluding hydrogens is 362 g/mol. The summed E-state index contributed by atoms with van der Waals surface area (Å²) in [5.74, 6) is -0.741. The highest BCUT2D eigenvalue weighted by Gasteiger charge is 2.21. The van der Waals surface area contributed by atoms with Crippen molar-refractivity contribution >= 4 is 44.9 Å². The van der Waals surface area contributed by atoms with E-state index in [2.05, 4.69) is 10.6 Å². The largest absolute Gasteiger partial charge is 0.332 e. The van der Waals surface area contributed by atoms with Gasteiger partial charge in [-0.15, -0.1) is 0 Å². The molecule has 25 heavy (non-hydrogen) atoms. The lowest BCUT2D eigenvalue weighted by Crippen LogP contribution is -2.39. The van der Waals surface area contributed by atoms with Crippen LogP contribution in [0.5, 0.6) is 0 Å². The lowest BCUT2D eigenvalue weighted by atomic mass is 9.89. The van der Waals surface area contributed by atoms with Crippen molar-refractivity contribution in [3.05, 3.63) is 24.3 Å². The average Bonchev–Trinajstić information content (AvgIpc) is 2.55. The molecule has 1 aliphatic carbocycles. The van der Waals surface area contributed by atoms with Gasteiger partial charge < -0.3 is 10.6 Å². The number of hydrogen-bond acceptors (Lipinski definition) is 5. The number of thiocarbonyl (C=S) groups is 1. The molecule has 9 heteroatoms. The second kappa shape index (κ2) is 8.39. The van der Waals surface area contributed by atoms with Crippen LogP contribution in [0.2, 0.25) is 0 Å². The van der Waals surface area contributed by atoms with Crippen LogP contribution in [0.4, 0.5) is 5.69 Å². The Morgan fingerprint density at radius 1 is 1.08 bits per heavy atom. The fourth-order valence-electron chi connectivity index (χ4n) is 2.71. The maximum atomic E-state index is 12.1. The topological polar surface area (TPSA) is 104 Å². The number of sulfonamides is 1. The van der Waals surface area contributed by atoms with E-state index in [1.807, 2.05) is 4.72 Å². The molecule has 2 amide bonds. The molecule has 0 aliphatic heterocycles. The molecule has 1 fully saturated rings. The zero-order valence-electron chi connectivity index (χ0n) is 13.9. The zero-order valence-corrected chi connectivity index (χ0v) is 15.5. The van der Waals surface area contributed by atoms with Crippen LogP contribution >= 0.6 is 12.2 Å². The van der Waals surface area contributed by atoms with Gasteiger partial charge in [-0.3, -0.25) is 9.59 Å². The van der Waals surface area contributed by atoms with Crippen LogP contribution in [0.15, 0.2) is 29.2 Å². The smallest absolute Gasteiger partial charge is 0.264 e. The summed E-state index contributed by atoms with van der Waals surface area (Å²) in [5, 5.41) is 5.70. The number of rotatable bonds is 4. The van der Waals surface area contributed by atoms with Crippen molar-refractivity contribution in [1.82, 2.24) is 10.0 Å². The van der Waals surface area contributed by atoms with E-state index in [0.717, 1.165) is 32.6 Å². The van der Waals surface area contributed by atoms with Crippen molar-refractivity contribution in [3.63, 3.8) is 0 Å². The van der Waals surface area contributed by atoms with E-state index in [4.69, 9.17) is 12.2 Å². The van der Waals surface area contributed by atoms with E-state index in [0.29, 0.717) is 5.69 Å². The first-order chi connectivity index (χ1) is 11.8. The Bertz CT molecular complexity index is 754. The predicted molar refractivity (Wildman–Crippen MR) is 98.4 cm³/mol.